The van der Waals surface area contributed by atoms with Crippen molar-refractivity contribution in [2.24, 2.45) is 5.92 Å². The molecule has 0 spiro atoms. The normalized spacial score (nSPS) is 12.4. The lowest BCUT2D eigenvalue weighted by Gasteiger charge is -2.22. The van der Waals surface area contributed by atoms with E-state index < -0.39 is 52.8 Å². The van der Waals surface area contributed by atoms with Crippen LogP contribution in [0.1, 0.15) is 49.8 Å². The number of rotatable bonds is 9. The minimum atomic E-state index is -1.18. The van der Waals surface area contributed by atoms with Gasteiger partial charge in [0.2, 0.25) is 17.6 Å². The van der Waals surface area contributed by atoms with Crippen LogP contribution in [0.15, 0.2) is 63.9 Å². The molecule has 0 radical (unpaired) electrons. The topological polar surface area (TPSA) is 146 Å². The standard InChI is InChI=1S/C28H28F2N6O4/c1-15(2)22(23(38)25-34-35-27(40-25)28(3,4)18-11-10-17(29)12-19(18)30)33-21(37)14-36-20(13-32-24(31)26(36)39)16-8-6-5-7-9-16/h5-13,15,22H,14H2,1-4H3,(H2,31,32)(H,33,37)/t22-/m0/s1. The summed E-state index contributed by atoms with van der Waals surface area (Å²) in [5, 5.41) is 10.4. The van der Waals surface area contributed by atoms with Gasteiger partial charge in [-0.15, -0.1) is 10.2 Å². The van der Waals surface area contributed by atoms with Crippen LogP contribution in [0.25, 0.3) is 11.3 Å². The fourth-order valence-corrected chi connectivity index (χ4v) is 4.22. The van der Waals surface area contributed by atoms with E-state index in [9.17, 15) is 23.2 Å². The second-order valence-electron chi connectivity index (χ2n) is 10.1. The van der Waals surface area contributed by atoms with Gasteiger partial charge in [0, 0.05) is 11.6 Å². The zero-order chi connectivity index (χ0) is 29.2. The van der Waals surface area contributed by atoms with Crippen molar-refractivity contribution in [3.8, 4) is 11.3 Å². The van der Waals surface area contributed by atoms with Gasteiger partial charge in [-0.2, -0.15) is 0 Å². The second kappa shape index (κ2) is 11.2. The van der Waals surface area contributed by atoms with Gasteiger partial charge in [0.1, 0.15) is 18.2 Å². The van der Waals surface area contributed by atoms with Gasteiger partial charge in [0.15, 0.2) is 5.82 Å². The third-order valence-electron chi connectivity index (χ3n) is 6.49. The molecule has 0 aliphatic heterocycles. The number of aromatic nitrogens is 4. The van der Waals surface area contributed by atoms with Crippen LogP contribution < -0.4 is 16.6 Å². The molecule has 0 unspecified atom stereocenters. The molecule has 10 nitrogen and oxygen atoms in total. The molecule has 4 rings (SSSR count). The summed E-state index contributed by atoms with van der Waals surface area (Å²) in [5.41, 5.74) is 5.00. The Balaban J connectivity index is 1.57. The smallest absolute Gasteiger partial charge is 0.294 e. The number of anilines is 1. The Morgan fingerprint density at radius 2 is 1.80 bits per heavy atom. The number of Topliss-reactive ketones (excluding diaryl/α,β-unsaturated/α-hetero) is 1. The Labute approximate surface area is 228 Å². The van der Waals surface area contributed by atoms with E-state index >= 15 is 0 Å². The van der Waals surface area contributed by atoms with Crippen LogP contribution in [0.2, 0.25) is 0 Å². The third-order valence-corrected chi connectivity index (χ3v) is 6.49. The van der Waals surface area contributed by atoms with Crippen molar-refractivity contribution in [2.75, 3.05) is 5.73 Å². The molecule has 1 atom stereocenters. The number of carbonyl (C=O) groups is 2. The number of carbonyl (C=O) groups excluding carboxylic acids is 2. The van der Waals surface area contributed by atoms with Crippen LogP contribution in [0.3, 0.4) is 0 Å². The maximum Gasteiger partial charge on any atom is 0.294 e. The average Bonchev–Trinajstić information content (AvgIpc) is 3.41. The van der Waals surface area contributed by atoms with Crippen molar-refractivity contribution < 1.29 is 22.8 Å². The number of hydrogen-bond acceptors (Lipinski definition) is 8. The Kier molecular flexibility index (Phi) is 7.89. The molecule has 0 bridgehead atoms. The predicted molar refractivity (Wildman–Crippen MR) is 142 cm³/mol. The quantitative estimate of drug-likeness (QED) is 0.301. The predicted octanol–water partition coefficient (Wildman–Crippen LogP) is 3.50. The summed E-state index contributed by atoms with van der Waals surface area (Å²) in [5.74, 6) is -3.97. The molecule has 0 aliphatic rings. The Bertz CT molecular complexity index is 1610. The van der Waals surface area contributed by atoms with Crippen LogP contribution in [-0.4, -0.2) is 37.5 Å². The number of amides is 1. The van der Waals surface area contributed by atoms with Crippen molar-refractivity contribution in [3.05, 3.63) is 94.1 Å². The van der Waals surface area contributed by atoms with Crippen molar-refractivity contribution in [3.63, 3.8) is 0 Å². The molecule has 0 fully saturated rings. The van der Waals surface area contributed by atoms with Crippen LogP contribution in [0.4, 0.5) is 14.6 Å². The number of nitrogen functional groups attached to an aromatic ring is 1. The number of benzene rings is 2. The van der Waals surface area contributed by atoms with Crippen LogP contribution in [0.5, 0.6) is 0 Å². The Morgan fingerprint density at radius 3 is 2.45 bits per heavy atom. The van der Waals surface area contributed by atoms with E-state index in [1.54, 1.807) is 52.0 Å². The SMILES string of the molecule is CC(C)[C@H](NC(=O)Cn1c(-c2ccccc2)cnc(N)c1=O)C(=O)c1nnc(C(C)(C)c2ccc(F)cc2F)o1. The molecular weight excluding hydrogens is 522 g/mol. The molecule has 0 saturated carbocycles. The zero-order valence-electron chi connectivity index (χ0n) is 22.3. The molecule has 2 aromatic carbocycles. The monoisotopic (exact) mass is 550 g/mol. The van der Waals surface area contributed by atoms with Gasteiger partial charge in [0.05, 0.1) is 23.3 Å². The molecule has 40 heavy (non-hydrogen) atoms. The first-order valence-electron chi connectivity index (χ1n) is 12.4. The summed E-state index contributed by atoms with van der Waals surface area (Å²) in [6, 6.07) is 10.9. The summed E-state index contributed by atoms with van der Waals surface area (Å²) >= 11 is 0. The van der Waals surface area contributed by atoms with Crippen LogP contribution in [-0.2, 0) is 16.8 Å². The van der Waals surface area contributed by atoms with E-state index in [0.717, 1.165) is 12.1 Å². The maximum atomic E-state index is 14.5. The summed E-state index contributed by atoms with van der Waals surface area (Å²) in [6.07, 6.45) is 1.40. The van der Waals surface area contributed by atoms with Gasteiger partial charge in [0.25, 0.3) is 11.4 Å². The molecule has 2 aromatic heterocycles. The van der Waals surface area contributed by atoms with Crippen molar-refractivity contribution in [1.29, 1.82) is 0 Å². The highest BCUT2D eigenvalue weighted by molar-refractivity contribution is 5.98. The summed E-state index contributed by atoms with van der Waals surface area (Å²) in [7, 11) is 0. The van der Waals surface area contributed by atoms with E-state index in [4.69, 9.17) is 10.2 Å². The lowest BCUT2D eigenvalue weighted by atomic mass is 9.84. The van der Waals surface area contributed by atoms with Crippen molar-refractivity contribution in [2.45, 2.75) is 45.7 Å². The van der Waals surface area contributed by atoms with E-state index in [0.29, 0.717) is 11.3 Å². The maximum absolute atomic E-state index is 14.5. The van der Waals surface area contributed by atoms with Gasteiger partial charge in [-0.3, -0.25) is 19.0 Å². The van der Waals surface area contributed by atoms with Gasteiger partial charge < -0.3 is 15.5 Å². The first-order chi connectivity index (χ1) is 18.9. The molecule has 1 amide bonds. The van der Waals surface area contributed by atoms with E-state index in [2.05, 4.69) is 20.5 Å². The van der Waals surface area contributed by atoms with Crippen LogP contribution >= 0.6 is 0 Å². The summed E-state index contributed by atoms with van der Waals surface area (Å²) in [4.78, 5) is 43.1. The lowest BCUT2D eigenvalue weighted by molar-refractivity contribution is -0.122. The van der Waals surface area contributed by atoms with Gasteiger partial charge in [-0.25, -0.2) is 13.8 Å². The highest BCUT2D eigenvalue weighted by Gasteiger charge is 2.35. The number of halogens is 2. The number of hydrogen-bond donors (Lipinski definition) is 2. The van der Waals surface area contributed by atoms with Crippen molar-refractivity contribution >= 4 is 17.5 Å². The minimum Gasteiger partial charge on any atom is -0.417 e. The fourth-order valence-electron chi connectivity index (χ4n) is 4.22. The zero-order valence-corrected chi connectivity index (χ0v) is 22.3. The first kappa shape index (κ1) is 28.3. The molecule has 208 valence electrons. The fraction of sp³-hybridized carbons (Fsp3) is 0.286. The Morgan fingerprint density at radius 1 is 1.10 bits per heavy atom. The van der Waals surface area contributed by atoms with E-state index in [1.807, 2.05) is 6.07 Å². The number of nitrogens with zero attached hydrogens (tertiary/aromatic N) is 4. The summed E-state index contributed by atoms with van der Waals surface area (Å²) in [6.45, 7) is 6.18. The van der Waals surface area contributed by atoms with Crippen LogP contribution in [0, 0.1) is 17.6 Å². The molecule has 0 aliphatic carbocycles. The third kappa shape index (κ3) is 5.65. The Hall–Kier alpha value is -4.74. The molecular formula is C28H28F2N6O4. The van der Waals surface area contributed by atoms with Gasteiger partial charge in [-0.05, 0) is 31.4 Å². The largest absolute Gasteiger partial charge is 0.417 e. The van der Waals surface area contributed by atoms with Gasteiger partial charge in [-0.1, -0.05) is 50.2 Å². The molecule has 2 heterocycles. The number of nitrogens with one attached hydrogen (secondary N) is 1. The van der Waals surface area contributed by atoms with Gasteiger partial charge >= 0.3 is 0 Å². The lowest BCUT2D eigenvalue weighted by Crippen LogP contribution is -2.46. The average molecular weight is 551 g/mol. The molecule has 3 N–H and O–H groups in total. The van der Waals surface area contributed by atoms with Crippen molar-refractivity contribution in [1.82, 2.24) is 25.1 Å². The molecule has 0 saturated heterocycles. The molecule has 12 heteroatoms. The number of nitrogens with two attached hydrogens (primary N) is 1. The van der Waals surface area contributed by atoms with E-state index in [1.165, 1.54) is 16.8 Å². The number of ketones is 1. The highest BCUT2D eigenvalue weighted by Crippen LogP contribution is 2.32. The highest BCUT2D eigenvalue weighted by atomic mass is 19.1. The second-order valence-corrected chi connectivity index (χ2v) is 10.1. The van der Waals surface area contributed by atoms with E-state index in [-0.39, 0.29) is 23.2 Å². The molecule has 4 aromatic rings. The summed E-state index contributed by atoms with van der Waals surface area (Å²) < 4.78 is 34.7. The first-order valence-corrected chi connectivity index (χ1v) is 12.4. The minimum absolute atomic E-state index is 0.0680.